The molecule has 1 unspecified atom stereocenters. The first-order valence-electron chi connectivity index (χ1n) is 13.9. The van der Waals surface area contributed by atoms with Gasteiger partial charge in [0.1, 0.15) is 0 Å². The van der Waals surface area contributed by atoms with Gasteiger partial charge < -0.3 is 19.9 Å². The van der Waals surface area contributed by atoms with Gasteiger partial charge in [-0.2, -0.15) is 0 Å². The number of hydrogen-bond acceptors (Lipinski definition) is 6. The normalized spacial score (nSPS) is 13.9. The Morgan fingerprint density at radius 3 is 2.52 bits per heavy atom. The summed E-state index contributed by atoms with van der Waals surface area (Å²) >= 11 is 0. The summed E-state index contributed by atoms with van der Waals surface area (Å²) in [6, 6.07) is 8.37. The van der Waals surface area contributed by atoms with Crippen LogP contribution in [0.4, 0.5) is 10.2 Å². The molecule has 0 bridgehead atoms. The van der Waals surface area contributed by atoms with Crippen molar-refractivity contribution in [2.75, 3.05) is 11.9 Å². The van der Waals surface area contributed by atoms with Gasteiger partial charge in [-0.3, -0.25) is 4.79 Å². The number of anilines is 1. The molecule has 0 fully saturated rings. The molecule has 0 spiro atoms. The zero-order valence-electron chi connectivity index (χ0n) is 24.9. The van der Waals surface area contributed by atoms with Gasteiger partial charge in [0.25, 0.3) is 5.91 Å². The minimum absolute atomic E-state index is 0.214. The number of amides is 1. The highest BCUT2D eigenvalue weighted by atomic mass is 19.1. The fourth-order valence-corrected chi connectivity index (χ4v) is 5.33. The second kappa shape index (κ2) is 10.8. The van der Waals surface area contributed by atoms with Crippen LogP contribution >= 0.6 is 0 Å². The SMILES string of the molecule is Cc1ccc(C(=O)Nc2cc3nc(C)c(C(OC(C)(C)C)C(=O)O)c(-c4cc(F)c5c(c4C)CCCO5)n3n2)cc1C. The van der Waals surface area contributed by atoms with Crippen molar-refractivity contribution in [3.63, 3.8) is 0 Å². The lowest BCUT2D eigenvalue weighted by molar-refractivity contribution is -0.160. The summed E-state index contributed by atoms with van der Waals surface area (Å²) in [4.78, 5) is 30.4. The van der Waals surface area contributed by atoms with Crippen LogP contribution in [0.3, 0.4) is 0 Å². The van der Waals surface area contributed by atoms with Crippen LogP contribution < -0.4 is 10.1 Å². The van der Waals surface area contributed by atoms with Gasteiger partial charge in [0.2, 0.25) is 0 Å². The number of nitrogens with one attached hydrogen (secondary N) is 1. The van der Waals surface area contributed by atoms with E-state index in [1.807, 2.05) is 26.8 Å². The van der Waals surface area contributed by atoms with Crippen molar-refractivity contribution in [3.8, 4) is 17.0 Å². The molecule has 1 aliphatic rings. The Morgan fingerprint density at radius 2 is 1.86 bits per heavy atom. The molecule has 3 heterocycles. The lowest BCUT2D eigenvalue weighted by atomic mass is 9.91. The molecule has 1 atom stereocenters. The lowest BCUT2D eigenvalue weighted by Gasteiger charge is -2.28. The maximum absolute atomic E-state index is 15.5. The van der Waals surface area contributed by atoms with Crippen LogP contribution in [0.15, 0.2) is 30.3 Å². The molecule has 2 aromatic carbocycles. The molecule has 0 radical (unpaired) electrons. The van der Waals surface area contributed by atoms with Crippen molar-refractivity contribution in [2.45, 2.75) is 73.0 Å². The Labute approximate surface area is 243 Å². The number of carboxylic acid groups (broad SMARTS) is 1. The number of aliphatic carboxylic acids is 1. The highest BCUT2D eigenvalue weighted by Gasteiger charge is 2.34. The molecular formula is C32H35FN4O5. The van der Waals surface area contributed by atoms with Gasteiger partial charge >= 0.3 is 5.97 Å². The van der Waals surface area contributed by atoms with E-state index in [1.54, 1.807) is 45.9 Å². The summed E-state index contributed by atoms with van der Waals surface area (Å²) in [5.74, 6) is -1.68. The first-order chi connectivity index (χ1) is 19.7. The minimum Gasteiger partial charge on any atom is -0.490 e. The quantitative estimate of drug-likeness (QED) is 0.278. The predicted octanol–water partition coefficient (Wildman–Crippen LogP) is 6.29. The molecule has 42 heavy (non-hydrogen) atoms. The molecule has 0 saturated heterocycles. The molecule has 2 aromatic heterocycles. The largest absolute Gasteiger partial charge is 0.490 e. The van der Waals surface area contributed by atoms with Crippen molar-refractivity contribution in [1.82, 2.24) is 14.6 Å². The van der Waals surface area contributed by atoms with Crippen LogP contribution in [-0.4, -0.2) is 43.8 Å². The summed E-state index contributed by atoms with van der Waals surface area (Å²) in [6.07, 6.45) is -0.0779. The van der Waals surface area contributed by atoms with Gasteiger partial charge in [-0.05, 0) is 96.2 Å². The van der Waals surface area contributed by atoms with Crippen LogP contribution in [-0.2, 0) is 16.0 Å². The van der Waals surface area contributed by atoms with Gasteiger partial charge in [0, 0.05) is 34.0 Å². The van der Waals surface area contributed by atoms with Crippen molar-refractivity contribution in [1.29, 1.82) is 0 Å². The van der Waals surface area contributed by atoms with Crippen LogP contribution in [0.5, 0.6) is 5.75 Å². The Balaban J connectivity index is 1.74. The Bertz CT molecular complexity index is 1740. The standard InChI is InChI=1S/C32H35FN4O5/c1-16-10-11-20(13-17(16)2)30(38)35-24-15-25-34-19(4)26(29(31(39)40)42-32(5,6)7)27(37(25)36-24)22-14-23(33)28-21(18(22)3)9-8-12-41-28/h10-11,13-15,29H,8-9,12H2,1-7H3,(H,39,40)(H,35,36,38). The highest BCUT2D eigenvalue weighted by molar-refractivity contribution is 6.04. The Kier molecular flexibility index (Phi) is 7.53. The van der Waals surface area contributed by atoms with E-state index < -0.39 is 23.5 Å². The lowest BCUT2D eigenvalue weighted by Crippen LogP contribution is -2.29. The van der Waals surface area contributed by atoms with Crippen molar-refractivity contribution in [2.24, 2.45) is 0 Å². The molecule has 0 saturated carbocycles. The van der Waals surface area contributed by atoms with E-state index in [0.29, 0.717) is 41.2 Å². The number of hydrogen-bond donors (Lipinski definition) is 2. The number of aryl methyl sites for hydroxylation is 3. The Morgan fingerprint density at radius 1 is 1.12 bits per heavy atom. The molecule has 1 aliphatic heterocycles. The van der Waals surface area contributed by atoms with Gasteiger partial charge in [-0.15, -0.1) is 5.10 Å². The summed E-state index contributed by atoms with van der Waals surface area (Å²) in [6.45, 7) is 13.2. The minimum atomic E-state index is -1.43. The summed E-state index contributed by atoms with van der Waals surface area (Å²) in [5, 5.41) is 17.8. The van der Waals surface area contributed by atoms with Crippen LogP contribution in [0, 0.1) is 33.5 Å². The van der Waals surface area contributed by atoms with Crippen molar-refractivity contribution < 1.29 is 28.6 Å². The fraction of sp³-hybridized carbons (Fsp3) is 0.375. The molecular weight excluding hydrogens is 539 g/mol. The van der Waals surface area contributed by atoms with E-state index >= 15 is 4.39 Å². The molecule has 2 N–H and O–H groups in total. The van der Waals surface area contributed by atoms with Gasteiger partial charge in [0.05, 0.1) is 17.9 Å². The third-order valence-electron chi connectivity index (χ3n) is 7.49. The maximum Gasteiger partial charge on any atom is 0.337 e. The predicted molar refractivity (Wildman–Crippen MR) is 157 cm³/mol. The highest BCUT2D eigenvalue weighted by Crippen LogP contribution is 2.41. The zero-order valence-corrected chi connectivity index (χ0v) is 24.9. The number of carbonyl (C=O) groups excluding carboxylic acids is 1. The number of carboxylic acids is 1. The van der Waals surface area contributed by atoms with Crippen LogP contribution in [0.1, 0.15) is 77.2 Å². The number of rotatable bonds is 6. The molecule has 4 aromatic rings. The van der Waals surface area contributed by atoms with Crippen molar-refractivity contribution in [3.05, 3.63) is 75.2 Å². The topological polar surface area (TPSA) is 115 Å². The van der Waals surface area contributed by atoms with Crippen LogP contribution in [0.2, 0.25) is 0 Å². The second-order valence-corrected chi connectivity index (χ2v) is 11.8. The molecule has 1 amide bonds. The second-order valence-electron chi connectivity index (χ2n) is 11.8. The fourth-order valence-electron chi connectivity index (χ4n) is 5.33. The van der Waals surface area contributed by atoms with E-state index in [9.17, 15) is 14.7 Å². The third kappa shape index (κ3) is 5.46. The monoisotopic (exact) mass is 574 g/mol. The average Bonchev–Trinajstić information content (AvgIpc) is 3.31. The summed E-state index contributed by atoms with van der Waals surface area (Å²) < 4.78 is 28.7. The number of carbonyl (C=O) groups is 2. The number of fused-ring (bicyclic) bond motifs is 2. The van der Waals surface area contributed by atoms with Gasteiger partial charge in [-0.25, -0.2) is 18.7 Å². The van der Waals surface area contributed by atoms with Crippen molar-refractivity contribution >= 4 is 23.3 Å². The first-order valence-corrected chi connectivity index (χ1v) is 13.9. The third-order valence-corrected chi connectivity index (χ3v) is 7.49. The number of nitrogens with zero attached hydrogens (tertiary/aromatic N) is 3. The molecule has 9 nitrogen and oxygen atoms in total. The molecule has 0 aliphatic carbocycles. The van der Waals surface area contributed by atoms with E-state index in [1.165, 1.54) is 10.6 Å². The van der Waals surface area contributed by atoms with E-state index in [0.717, 1.165) is 28.7 Å². The first kappa shape index (κ1) is 29.2. The molecule has 220 valence electrons. The number of ether oxygens (including phenoxy) is 2. The Hall–Kier alpha value is -4.31. The smallest absolute Gasteiger partial charge is 0.337 e. The summed E-state index contributed by atoms with van der Waals surface area (Å²) in [7, 11) is 0. The maximum atomic E-state index is 15.5. The van der Waals surface area contributed by atoms with Gasteiger partial charge in [-0.1, -0.05) is 6.07 Å². The molecule has 5 rings (SSSR count). The van der Waals surface area contributed by atoms with Crippen LogP contribution in [0.25, 0.3) is 16.9 Å². The van der Waals surface area contributed by atoms with Gasteiger partial charge in [0.15, 0.2) is 29.1 Å². The number of benzene rings is 2. The van der Waals surface area contributed by atoms with E-state index in [-0.39, 0.29) is 23.0 Å². The van der Waals surface area contributed by atoms with E-state index in [2.05, 4.69) is 15.4 Å². The zero-order chi connectivity index (χ0) is 30.5. The number of aromatic nitrogens is 3. The van der Waals surface area contributed by atoms with E-state index in [4.69, 9.17) is 9.47 Å². The molecule has 10 heteroatoms. The summed E-state index contributed by atoms with van der Waals surface area (Å²) in [5.41, 5.74) is 4.93. The average molecular weight is 575 g/mol. The number of halogens is 1.